The van der Waals surface area contributed by atoms with Crippen molar-refractivity contribution >= 4 is 22.5 Å². The first-order valence-electron chi connectivity index (χ1n) is 8.52. The summed E-state index contributed by atoms with van der Waals surface area (Å²) in [7, 11) is 2.14. The Bertz CT molecular complexity index is 1080. The van der Waals surface area contributed by atoms with Gasteiger partial charge < -0.3 is 9.80 Å². The lowest BCUT2D eigenvalue weighted by atomic mass is 10.1. The quantitative estimate of drug-likeness (QED) is 0.558. The topological polar surface area (TPSA) is 104 Å². The van der Waals surface area contributed by atoms with E-state index in [-0.39, 0.29) is 0 Å². The maximum Gasteiger partial charge on any atom is 0.205 e. The molecule has 0 aliphatic carbocycles. The second-order valence-electron chi connectivity index (χ2n) is 6.64. The van der Waals surface area contributed by atoms with Crippen LogP contribution in [0.5, 0.6) is 0 Å². The average Bonchev–Trinajstić information content (AvgIpc) is 3.33. The number of hydrogen-bond donors (Lipinski definition) is 1. The summed E-state index contributed by atoms with van der Waals surface area (Å²) >= 11 is 0. The Morgan fingerprint density at radius 3 is 2.69 bits per heavy atom. The van der Waals surface area contributed by atoms with Crippen LogP contribution in [0.2, 0.25) is 0 Å². The van der Waals surface area contributed by atoms with E-state index in [1.807, 2.05) is 17.4 Å². The van der Waals surface area contributed by atoms with E-state index in [0.717, 1.165) is 59.8 Å². The van der Waals surface area contributed by atoms with Crippen LogP contribution in [0.15, 0.2) is 18.5 Å². The molecule has 4 aromatic rings. The molecular weight excluding hydrogens is 332 g/mol. The molecule has 0 atom stereocenters. The number of piperazine rings is 1. The van der Waals surface area contributed by atoms with Crippen LogP contribution in [0.25, 0.3) is 28.1 Å². The molecule has 3 aromatic heterocycles. The lowest BCUT2D eigenvalue weighted by Gasteiger charge is -2.33. The Balaban J connectivity index is 1.71. The van der Waals surface area contributed by atoms with E-state index in [2.05, 4.69) is 53.7 Å². The number of aromatic amines is 1. The van der Waals surface area contributed by atoms with E-state index < -0.39 is 0 Å². The molecule has 0 amide bonds. The number of rotatable bonds is 2. The van der Waals surface area contributed by atoms with Crippen molar-refractivity contribution in [3.05, 3.63) is 24.0 Å². The summed E-state index contributed by atoms with van der Waals surface area (Å²) in [5, 5.41) is 22.8. The number of nitrogens with one attached hydrogen (secondary N) is 1. The number of hydrogen-bond acceptors (Lipinski definition) is 8. The van der Waals surface area contributed by atoms with Crippen LogP contribution >= 0.6 is 0 Å². The molecule has 1 aromatic carbocycles. The van der Waals surface area contributed by atoms with Crippen molar-refractivity contribution in [3.63, 3.8) is 0 Å². The molecule has 1 aliphatic heterocycles. The van der Waals surface area contributed by atoms with Gasteiger partial charge in [-0.2, -0.15) is 5.21 Å². The van der Waals surface area contributed by atoms with Gasteiger partial charge in [0.15, 0.2) is 5.82 Å². The SMILES string of the molecule is Cc1cc2nc(N3CCN(C)CC3)c3nncn3c2cc1-c1nn[nH]n1. The molecule has 0 bridgehead atoms. The van der Waals surface area contributed by atoms with Gasteiger partial charge in [-0.3, -0.25) is 4.40 Å². The van der Waals surface area contributed by atoms with E-state index in [4.69, 9.17) is 4.98 Å². The molecule has 10 heteroatoms. The number of likely N-dealkylation sites (N-methyl/N-ethyl adjacent to an activating group) is 1. The minimum absolute atomic E-state index is 0.564. The highest BCUT2D eigenvalue weighted by atomic mass is 15.5. The van der Waals surface area contributed by atoms with Gasteiger partial charge in [0.2, 0.25) is 11.5 Å². The molecule has 132 valence electrons. The fourth-order valence-corrected chi connectivity index (χ4v) is 3.44. The normalized spacial score (nSPS) is 16.0. The lowest BCUT2D eigenvalue weighted by molar-refractivity contribution is 0.312. The molecule has 0 unspecified atom stereocenters. The third-order valence-corrected chi connectivity index (χ3v) is 4.94. The number of tetrazole rings is 1. The van der Waals surface area contributed by atoms with Gasteiger partial charge in [-0.15, -0.1) is 20.4 Å². The minimum Gasteiger partial charge on any atom is -0.351 e. The maximum atomic E-state index is 4.93. The highest BCUT2D eigenvalue weighted by molar-refractivity contribution is 5.87. The van der Waals surface area contributed by atoms with Crippen LogP contribution < -0.4 is 4.90 Å². The largest absolute Gasteiger partial charge is 0.351 e. The summed E-state index contributed by atoms with van der Waals surface area (Å²) in [6.45, 7) is 5.90. The molecule has 1 fully saturated rings. The second-order valence-corrected chi connectivity index (χ2v) is 6.64. The van der Waals surface area contributed by atoms with E-state index in [1.54, 1.807) is 6.33 Å². The van der Waals surface area contributed by atoms with Crippen molar-refractivity contribution < 1.29 is 0 Å². The van der Waals surface area contributed by atoms with E-state index in [0.29, 0.717) is 5.82 Å². The average molecular weight is 350 g/mol. The summed E-state index contributed by atoms with van der Waals surface area (Å²) in [5.41, 5.74) is 4.55. The zero-order valence-electron chi connectivity index (χ0n) is 14.6. The Morgan fingerprint density at radius 1 is 1.08 bits per heavy atom. The summed E-state index contributed by atoms with van der Waals surface area (Å²) in [5.74, 6) is 1.45. The van der Waals surface area contributed by atoms with Gasteiger partial charge in [0, 0.05) is 31.7 Å². The molecule has 1 saturated heterocycles. The Labute approximate surface area is 148 Å². The van der Waals surface area contributed by atoms with Gasteiger partial charge in [-0.1, -0.05) is 0 Å². The highest BCUT2D eigenvalue weighted by Gasteiger charge is 2.21. The Morgan fingerprint density at radius 2 is 1.92 bits per heavy atom. The molecule has 0 spiro atoms. The zero-order valence-corrected chi connectivity index (χ0v) is 14.6. The van der Waals surface area contributed by atoms with Crippen molar-refractivity contribution in [2.75, 3.05) is 38.1 Å². The predicted octanol–water partition coefficient (Wildman–Crippen LogP) is 0.518. The first-order valence-corrected chi connectivity index (χ1v) is 8.52. The molecule has 1 N–H and O–H groups in total. The molecule has 26 heavy (non-hydrogen) atoms. The molecule has 0 saturated carbocycles. The molecule has 4 heterocycles. The summed E-state index contributed by atoms with van der Waals surface area (Å²) in [6, 6.07) is 4.08. The van der Waals surface area contributed by atoms with Gasteiger partial charge in [0.1, 0.15) is 6.33 Å². The third kappa shape index (κ3) is 2.30. The van der Waals surface area contributed by atoms with Crippen LogP contribution in [0.3, 0.4) is 0 Å². The van der Waals surface area contributed by atoms with Crippen molar-refractivity contribution in [2.45, 2.75) is 6.92 Å². The predicted molar refractivity (Wildman–Crippen MR) is 95.9 cm³/mol. The molecule has 1 aliphatic rings. The van der Waals surface area contributed by atoms with E-state index >= 15 is 0 Å². The van der Waals surface area contributed by atoms with Crippen molar-refractivity contribution in [1.29, 1.82) is 0 Å². The number of nitrogens with zero attached hydrogens (tertiary/aromatic N) is 9. The van der Waals surface area contributed by atoms with Crippen molar-refractivity contribution in [3.8, 4) is 11.4 Å². The zero-order chi connectivity index (χ0) is 17.7. The molecular formula is C16H18N10. The van der Waals surface area contributed by atoms with Gasteiger partial charge in [-0.25, -0.2) is 4.98 Å². The fourth-order valence-electron chi connectivity index (χ4n) is 3.44. The number of benzene rings is 1. The number of aryl methyl sites for hydroxylation is 1. The molecule has 5 rings (SSSR count). The number of fused-ring (bicyclic) bond motifs is 3. The number of H-pyrrole nitrogens is 1. The maximum absolute atomic E-state index is 4.93. The summed E-state index contributed by atoms with van der Waals surface area (Å²) in [4.78, 5) is 9.53. The standard InChI is InChI=1S/C16H18N10/c1-10-7-12-13(8-11(10)14-19-22-23-20-14)26-9-17-21-16(26)15(18-12)25-5-3-24(2)4-6-25/h7-9H,3-6H2,1-2H3,(H,19,20,22,23). The van der Waals surface area contributed by atoms with Gasteiger partial charge in [0.05, 0.1) is 11.0 Å². The van der Waals surface area contributed by atoms with Gasteiger partial charge in [0.25, 0.3) is 0 Å². The molecule has 10 nitrogen and oxygen atoms in total. The Kier molecular flexibility index (Phi) is 3.32. The van der Waals surface area contributed by atoms with Gasteiger partial charge in [-0.05, 0) is 36.9 Å². The lowest BCUT2D eigenvalue weighted by Crippen LogP contribution is -2.45. The van der Waals surface area contributed by atoms with Crippen molar-refractivity contribution in [1.82, 2.24) is 45.1 Å². The summed E-state index contributed by atoms with van der Waals surface area (Å²) in [6.07, 6.45) is 1.73. The van der Waals surface area contributed by atoms with Crippen LogP contribution in [0.4, 0.5) is 5.82 Å². The first kappa shape index (κ1) is 15.1. The van der Waals surface area contributed by atoms with Crippen LogP contribution in [-0.2, 0) is 0 Å². The van der Waals surface area contributed by atoms with Crippen LogP contribution in [0, 0.1) is 6.92 Å². The van der Waals surface area contributed by atoms with Crippen LogP contribution in [-0.4, -0.2) is 78.3 Å². The smallest absolute Gasteiger partial charge is 0.205 e. The number of aromatic nitrogens is 8. The van der Waals surface area contributed by atoms with Crippen LogP contribution in [0.1, 0.15) is 5.56 Å². The second kappa shape index (κ2) is 5.70. The van der Waals surface area contributed by atoms with E-state index in [9.17, 15) is 0 Å². The minimum atomic E-state index is 0.564. The molecule has 0 radical (unpaired) electrons. The van der Waals surface area contributed by atoms with Crippen molar-refractivity contribution in [2.24, 2.45) is 0 Å². The first-order chi connectivity index (χ1) is 12.7. The monoisotopic (exact) mass is 350 g/mol. The van der Waals surface area contributed by atoms with Gasteiger partial charge >= 0.3 is 0 Å². The Hall–Kier alpha value is -3.14. The third-order valence-electron chi connectivity index (χ3n) is 4.94. The summed E-state index contributed by atoms with van der Waals surface area (Å²) < 4.78 is 1.99. The fraction of sp³-hybridized carbons (Fsp3) is 0.375. The highest BCUT2D eigenvalue weighted by Crippen LogP contribution is 2.29. The number of anilines is 1. The van der Waals surface area contributed by atoms with E-state index in [1.165, 1.54) is 0 Å².